The minimum Gasteiger partial charge on any atom is -0.494 e. The molecule has 0 bridgehead atoms. The lowest BCUT2D eigenvalue weighted by molar-refractivity contribution is 0.206. The van der Waals surface area contributed by atoms with Crippen LogP contribution in [-0.4, -0.2) is 6.61 Å². The third kappa shape index (κ3) is 5.62. The average Bonchev–Trinajstić information content (AvgIpc) is 2.56. The van der Waals surface area contributed by atoms with Gasteiger partial charge in [0.05, 0.1) is 6.61 Å². The van der Waals surface area contributed by atoms with E-state index in [2.05, 4.69) is 13.8 Å². The Bertz CT molecular complexity index is 677. The molecule has 0 aliphatic rings. The summed E-state index contributed by atoms with van der Waals surface area (Å²) in [5, 5.41) is 1.35. The van der Waals surface area contributed by atoms with Crippen LogP contribution in [0.2, 0.25) is 10.0 Å². The maximum atomic E-state index is 5.98. The molecule has 24 heavy (non-hydrogen) atoms. The number of ether oxygens (including phenoxy) is 2. The van der Waals surface area contributed by atoms with E-state index in [1.165, 1.54) is 5.54 Å². The van der Waals surface area contributed by atoms with Gasteiger partial charge in [0, 0.05) is 21.0 Å². The van der Waals surface area contributed by atoms with Crippen LogP contribution in [0.25, 0.3) is 0 Å². The molecule has 0 heterocycles. The van der Waals surface area contributed by atoms with Gasteiger partial charge in [0.15, 0.2) is 0 Å². The minimum atomic E-state index is -0.284. The van der Waals surface area contributed by atoms with E-state index in [1.807, 2.05) is 24.3 Å². The van der Waals surface area contributed by atoms with E-state index >= 15 is 0 Å². The molecule has 0 N–H and O–H groups in total. The fourth-order valence-corrected chi connectivity index (χ4v) is 2.61. The predicted molar refractivity (Wildman–Crippen MR) is 101 cm³/mol. The second kappa shape index (κ2) is 8.66. The lowest BCUT2D eigenvalue weighted by atomic mass is 9.88. The second-order valence-electron chi connectivity index (χ2n) is 5.97. The van der Waals surface area contributed by atoms with Crippen LogP contribution < -0.4 is 9.47 Å². The first-order chi connectivity index (χ1) is 11.4. The van der Waals surface area contributed by atoms with Crippen molar-refractivity contribution in [2.24, 2.45) is 5.41 Å². The zero-order chi connectivity index (χ0) is 17.6. The first-order valence-corrected chi connectivity index (χ1v) is 8.72. The van der Waals surface area contributed by atoms with Crippen LogP contribution in [-0.2, 0) is 0 Å². The maximum Gasteiger partial charge on any atom is 0.127 e. The highest BCUT2D eigenvalue weighted by molar-refractivity contribution is 6.30. The van der Waals surface area contributed by atoms with Crippen molar-refractivity contribution in [2.45, 2.75) is 20.3 Å². The molecule has 2 aromatic carbocycles. The van der Waals surface area contributed by atoms with Crippen molar-refractivity contribution in [3.05, 3.63) is 69.9 Å². The Labute approximate surface area is 157 Å². The van der Waals surface area contributed by atoms with Gasteiger partial charge < -0.3 is 9.47 Å². The fraction of sp³-hybridized carbons (Fsp3) is 0.263. The molecule has 128 valence electrons. The van der Waals surface area contributed by atoms with Gasteiger partial charge in [-0.3, -0.25) is 0 Å². The smallest absolute Gasteiger partial charge is 0.127 e. The molecule has 0 unspecified atom stereocenters. The molecule has 0 radical (unpaired) electrons. The van der Waals surface area contributed by atoms with Gasteiger partial charge in [-0.1, -0.05) is 48.7 Å². The van der Waals surface area contributed by atoms with Crippen LogP contribution in [0.15, 0.2) is 59.8 Å². The van der Waals surface area contributed by atoms with Gasteiger partial charge >= 0.3 is 0 Å². The van der Waals surface area contributed by atoms with Crippen molar-refractivity contribution in [3.63, 3.8) is 0 Å². The molecule has 0 atom stereocenters. The topological polar surface area (TPSA) is 18.5 Å². The van der Waals surface area contributed by atoms with E-state index in [1.54, 1.807) is 24.3 Å². The monoisotopic (exact) mass is 384 g/mol. The van der Waals surface area contributed by atoms with E-state index in [-0.39, 0.29) is 5.41 Å². The Balaban J connectivity index is 1.93. The molecule has 0 spiro atoms. The minimum absolute atomic E-state index is 0.284. The SMILES string of the molecule is CC(C)(CCOc1ccc(Cl)cc1)C(=CCl)Oc1ccc(Cl)cc1. The zero-order valence-electron chi connectivity index (χ0n) is 13.6. The summed E-state index contributed by atoms with van der Waals surface area (Å²) < 4.78 is 11.7. The standard InChI is InChI=1S/C19H19Cl3O2/c1-19(2,11-12-23-16-7-3-14(21)4-8-16)18(13-20)24-17-9-5-15(22)6-10-17/h3-10,13H,11-12H2,1-2H3. The van der Waals surface area contributed by atoms with Gasteiger partial charge in [0.2, 0.25) is 0 Å². The summed E-state index contributed by atoms with van der Waals surface area (Å²) in [6.45, 7) is 4.65. The van der Waals surface area contributed by atoms with Crippen LogP contribution in [0.4, 0.5) is 0 Å². The third-order valence-electron chi connectivity index (χ3n) is 3.62. The molecule has 2 aromatic rings. The first-order valence-electron chi connectivity index (χ1n) is 7.53. The molecule has 0 aliphatic carbocycles. The summed E-state index contributed by atoms with van der Waals surface area (Å²) in [6, 6.07) is 14.5. The van der Waals surface area contributed by atoms with E-state index in [9.17, 15) is 0 Å². The van der Waals surface area contributed by atoms with Crippen LogP contribution in [0.1, 0.15) is 20.3 Å². The maximum absolute atomic E-state index is 5.98. The van der Waals surface area contributed by atoms with Gasteiger partial charge in [-0.05, 0) is 55.0 Å². The van der Waals surface area contributed by atoms with Crippen LogP contribution in [0.5, 0.6) is 11.5 Å². The highest BCUT2D eigenvalue weighted by atomic mass is 35.5. The van der Waals surface area contributed by atoms with Gasteiger partial charge in [-0.15, -0.1) is 0 Å². The number of halogens is 3. The van der Waals surface area contributed by atoms with Crippen molar-refractivity contribution < 1.29 is 9.47 Å². The molecular formula is C19H19Cl3O2. The number of benzene rings is 2. The van der Waals surface area contributed by atoms with Gasteiger partial charge in [0.1, 0.15) is 17.3 Å². The zero-order valence-corrected chi connectivity index (χ0v) is 15.8. The molecule has 0 saturated heterocycles. The van der Waals surface area contributed by atoms with Crippen molar-refractivity contribution >= 4 is 34.8 Å². The number of rotatable bonds is 7. The second-order valence-corrected chi connectivity index (χ2v) is 7.06. The molecule has 5 heteroatoms. The lowest BCUT2D eigenvalue weighted by Gasteiger charge is -2.27. The van der Waals surface area contributed by atoms with Crippen molar-refractivity contribution in [1.29, 1.82) is 0 Å². The summed E-state index contributed by atoms with van der Waals surface area (Å²) in [5.74, 6) is 2.15. The number of allylic oxidation sites excluding steroid dienone is 1. The Morgan fingerprint density at radius 1 is 0.917 bits per heavy atom. The highest BCUT2D eigenvalue weighted by Gasteiger charge is 2.26. The molecule has 2 nitrogen and oxygen atoms in total. The molecule has 0 saturated carbocycles. The van der Waals surface area contributed by atoms with Crippen molar-refractivity contribution in [2.75, 3.05) is 6.61 Å². The molecule has 0 amide bonds. The van der Waals surface area contributed by atoms with Crippen LogP contribution in [0.3, 0.4) is 0 Å². The van der Waals surface area contributed by atoms with Crippen molar-refractivity contribution in [1.82, 2.24) is 0 Å². The molecule has 0 fully saturated rings. The molecule has 0 aliphatic heterocycles. The summed E-state index contributed by atoms with van der Waals surface area (Å²) in [4.78, 5) is 0. The summed E-state index contributed by atoms with van der Waals surface area (Å²) in [5.41, 5.74) is 1.19. The van der Waals surface area contributed by atoms with Crippen LogP contribution >= 0.6 is 34.8 Å². The lowest BCUT2D eigenvalue weighted by Crippen LogP contribution is -2.22. The average molecular weight is 386 g/mol. The summed E-state index contributed by atoms with van der Waals surface area (Å²) >= 11 is 17.7. The van der Waals surface area contributed by atoms with Gasteiger partial charge in [0.25, 0.3) is 0 Å². The largest absolute Gasteiger partial charge is 0.494 e. The van der Waals surface area contributed by atoms with Gasteiger partial charge in [-0.2, -0.15) is 0 Å². The Hall–Kier alpha value is -1.35. The number of hydrogen-bond donors (Lipinski definition) is 0. The van der Waals surface area contributed by atoms with Crippen molar-refractivity contribution in [3.8, 4) is 11.5 Å². The molecular weight excluding hydrogens is 367 g/mol. The van der Waals surface area contributed by atoms with Crippen LogP contribution in [0, 0.1) is 5.41 Å². The van der Waals surface area contributed by atoms with E-state index < -0.39 is 0 Å². The fourth-order valence-electron chi connectivity index (χ4n) is 2.02. The Kier molecular flexibility index (Phi) is 6.85. The van der Waals surface area contributed by atoms with E-state index in [0.29, 0.717) is 28.2 Å². The Morgan fingerprint density at radius 2 is 1.42 bits per heavy atom. The number of hydrogen-bond acceptors (Lipinski definition) is 2. The normalized spacial score (nSPS) is 12.1. The first kappa shape index (κ1) is 19.0. The molecule has 2 rings (SSSR count). The molecule has 0 aromatic heterocycles. The predicted octanol–water partition coefficient (Wildman–Crippen LogP) is 6.95. The van der Waals surface area contributed by atoms with E-state index in [0.717, 1.165) is 12.2 Å². The Morgan fingerprint density at radius 3 is 1.92 bits per heavy atom. The summed E-state index contributed by atoms with van der Waals surface area (Å²) in [6.07, 6.45) is 0.738. The van der Waals surface area contributed by atoms with E-state index in [4.69, 9.17) is 44.3 Å². The highest BCUT2D eigenvalue weighted by Crippen LogP contribution is 2.33. The summed E-state index contributed by atoms with van der Waals surface area (Å²) in [7, 11) is 0. The quantitative estimate of drug-likeness (QED) is 0.480. The van der Waals surface area contributed by atoms with Gasteiger partial charge in [-0.25, -0.2) is 0 Å². The third-order valence-corrected chi connectivity index (χ3v) is 4.32.